The molecule has 1 aromatic carbocycles. The van der Waals surface area contributed by atoms with E-state index < -0.39 is 0 Å². The third-order valence-corrected chi connectivity index (χ3v) is 1.57. The minimum Gasteiger partial charge on any atom is -1.00 e. The Kier molecular flexibility index (Phi) is 14.5. The Hall–Kier alpha value is 1.53. The van der Waals surface area contributed by atoms with Crippen LogP contribution in [-0.2, 0) is 0 Å². The summed E-state index contributed by atoms with van der Waals surface area (Å²) >= 11 is 5.67. The predicted octanol–water partition coefficient (Wildman–Crippen LogP) is -4.02. The van der Waals surface area contributed by atoms with Crippen LogP contribution in [0.4, 0.5) is 0 Å². The third kappa shape index (κ3) is 6.06. The number of hydrogen-bond acceptors (Lipinski definition) is 1. The average molecular weight is 342 g/mol. The number of phenolic OH excluding ortho intramolecular Hbond substituents is 1. The quantitative estimate of drug-likeness (QED) is 0.477. The molecule has 0 bridgehead atoms. The fourth-order valence-electron chi connectivity index (χ4n) is 0.629. The first-order valence-corrected chi connectivity index (χ1v) is 3.03. The Morgan fingerprint density at radius 1 is 1.25 bits per heavy atom. The van der Waals surface area contributed by atoms with Crippen LogP contribution in [0, 0.1) is 6.92 Å². The molecule has 0 atom stereocenters. The molecule has 0 aliphatic heterocycles. The van der Waals surface area contributed by atoms with E-state index in [1.165, 1.54) is 0 Å². The summed E-state index contributed by atoms with van der Waals surface area (Å²) in [6.45, 7) is 1.85. The normalized spacial score (nSPS) is 7.17. The van der Waals surface area contributed by atoms with Crippen LogP contribution in [0.25, 0.3) is 0 Å². The van der Waals surface area contributed by atoms with Gasteiger partial charge in [0.05, 0.1) is 0 Å². The molecule has 0 radical (unpaired) electrons. The van der Waals surface area contributed by atoms with Crippen LogP contribution in [0.5, 0.6) is 5.75 Å². The van der Waals surface area contributed by atoms with Crippen LogP contribution in [0.1, 0.15) is 5.56 Å². The second kappa shape index (κ2) is 9.10. The van der Waals surface area contributed by atoms with Crippen molar-refractivity contribution in [1.29, 1.82) is 0 Å². The summed E-state index contributed by atoms with van der Waals surface area (Å²) < 4.78 is 0. The second-order valence-electron chi connectivity index (χ2n) is 1.93. The van der Waals surface area contributed by atoms with Crippen molar-refractivity contribution in [2.75, 3.05) is 0 Å². The fourth-order valence-corrected chi connectivity index (χ4v) is 0.746. The van der Waals surface area contributed by atoms with Gasteiger partial charge >= 0.3 is 37.7 Å². The number of hydrogen-bond donors (Lipinski definition) is 1. The largest absolute Gasteiger partial charge is 2.00 e. The Bertz CT molecular complexity index is 233. The SMILES string of the molecule is Cc1cc(O)ccc1Cl.[Br-].[Br-].[Ca+2]. The van der Waals surface area contributed by atoms with Crippen molar-refractivity contribution < 1.29 is 39.1 Å². The molecule has 1 nitrogen and oxygen atoms in total. The molecule has 0 amide bonds. The van der Waals surface area contributed by atoms with Crippen LogP contribution in [0.3, 0.4) is 0 Å². The first kappa shape index (κ1) is 19.2. The van der Waals surface area contributed by atoms with E-state index in [4.69, 9.17) is 16.7 Å². The number of aromatic hydroxyl groups is 1. The molecule has 0 fully saturated rings. The summed E-state index contributed by atoms with van der Waals surface area (Å²) in [5.74, 6) is 0.261. The number of aryl methyl sites for hydroxylation is 1. The molecule has 5 heteroatoms. The Morgan fingerprint density at radius 2 is 1.75 bits per heavy atom. The van der Waals surface area contributed by atoms with Gasteiger partial charge in [-0.15, -0.1) is 0 Å². The summed E-state index contributed by atoms with van der Waals surface area (Å²) in [6, 6.07) is 4.86. The minimum atomic E-state index is 0. The molecule has 1 rings (SSSR count). The molecule has 0 aromatic heterocycles. The number of halogens is 3. The van der Waals surface area contributed by atoms with Crippen molar-refractivity contribution in [2.45, 2.75) is 6.92 Å². The molecule has 0 spiro atoms. The van der Waals surface area contributed by atoms with Gasteiger partial charge in [0.25, 0.3) is 0 Å². The van der Waals surface area contributed by atoms with Crippen molar-refractivity contribution in [3.05, 3.63) is 28.8 Å². The minimum absolute atomic E-state index is 0. The van der Waals surface area contributed by atoms with E-state index in [-0.39, 0.29) is 77.5 Å². The van der Waals surface area contributed by atoms with Crippen LogP contribution in [-0.4, -0.2) is 42.8 Å². The molecule has 0 aliphatic rings. The topological polar surface area (TPSA) is 20.2 Å². The molecule has 1 aromatic rings. The fraction of sp³-hybridized carbons (Fsp3) is 0.143. The Morgan fingerprint density at radius 3 is 2.08 bits per heavy atom. The van der Waals surface area contributed by atoms with E-state index in [1.807, 2.05) is 6.92 Å². The van der Waals surface area contributed by atoms with Gasteiger partial charge in [0, 0.05) is 5.02 Å². The van der Waals surface area contributed by atoms with Crippen LogP contribution in [0.2, 0.25) is 5.02 Å². The maximum atomic E-state index is 8.88. The smallest absolute Gasteiger partial charge is 1.00 e. The third-order valence-electron chi connectivity index (χ3n) is 1.14. The van der Waals surface area contributed by atoms with Gasteiger partial charge in [-0.3, -0.25) is 0 Å². The maximum Gasteiger partial charge on any atom is 2.00 e. The van der Waals surface area contributed by atoms with Crippen molar-refractivity contribution in [3.63, 3.8) is 0 Å². The van der Waals surface area contributed by atoms with Crippen molar-refractivity contribution in [1.82, 2.24) is 0 Å². The molecule has 1 N–H and O–H groups in total. The summed E-state index contributed by atoms with van der Waals surface area (Å²) in [4.78, 5) is 0. The summed E-state index contributed by atoms with van der Waals surface area (Å²) in [6.07, 6.45) is 0. The van der Waals surface area contributed by atoms with Gasteiger partial charge in [0.1, 0.15) is 5.75 Å². The molecule has 0 unspecified atom stereocenters. The van der Waals surface area contributed by atoms with E-state index >= 15 is 0 Å². The zero-order chi connectivity index (χ0) is 6.85. The molecular weight excluding hydrogens is 335 g/mol. The first-order valence-electron chi connectivity index (χ1n) is 2.65. The van der Waals surface area contributed by atoms with Crippen molar-refractivity contribution >= 4 is 49.3 Å². The average Bonchev–Trinajstić information content (AvgIpc) is 1.80. The molecule has 0 saturated heterocycles. The van der Waals surface area contributed by atoms with Crippen LogP contribution in [0.15, 0.2) is 18.2 Å². The molecule has 12 heavy (non-hydrogen) atoms. The zero-order valence-corrected chi connectivity index (χ0v) is 12.7. The van der Waals surface area contributed by atoms with Gasteiger partial charge in [0.2, 0.25) is 0 Å². The monoisotopic (exact) mass is 340 g/mol. The Labute approximate surface area is 128 Å². The Balaban J connectivity index is -0.000000270. The van der Waals surface area contributed by atoms with E-state index in [0.29, 0.717) is 5.02 Å². The van der Waals surface area contributed by atoms with E-state index in [0.717, 1.165) is 5.56 Å². The van der Waals surface area contributed by atoms with Gasteiger partial charge in [-0.2, -0.15) is 0 Å². The maximum absolute atomic E-state index is 8.88. The first-order chi connectivity index (χ1) is 4.20. The van der Waals surface area contributed by atoms with E-state index in [9.17, 15) is 0 Å². The molecule has 0 aliphatic carbocycles. The van der Waals surface area contributed by atoms with Crippen molar-refractivity contribution in [3.8, 4) is 5.75 Å². The molecule has 64 valence electrons. The number of rotatable bonds is 0. The predicted molar refractivity (Wildman–Crippen MR) is 43.6 cm³/mol. The summed E-state index contributed by atoms with van der Waals surface area (Å²) in [5, 5.41) is 9.57. The molecule has 0 saturated carbocycles. The van der Waals surface area contributed by atoms with Gasteiger partial charge in [0.15, 0.2) is 0 Å². The van der Waals surface area contributed by atoms with Gasteiger partial charge < -0.3 is 39.1 Å². The van der Waals surface area contributed by atoms with E-state index in [1.54, 1.807) is 18.2 Å². The number of phenols is 1. The molecular formula is C7H7Br2CaClO. The zero-order valence-electron chi connectivity index (χ0n) is 6.52. The van der Waals surface area contributed by atoms with Gasteiger partial charge in [-0.05, 0) is 30.7 Å². The van der Waals surface area contributed by atoms with Crippen LogP contribution < -0.4 is 34.0 Å². The van der Waals surface area contributed by atoms with E-state index in [2.05, 4.69) is 0 Å². The standard InChI is InChI=1S/C7H7ClO.2BrH.Ca/c1-5-4-6(9)2-3-7(5)8;;;/h2-4,9H,1H3;2*1H;/q;;;+2/p-2. The van der Waals surface area contributed by atoms with Gasteiger partial charge in [-0.25, -0.2) is 0 Å². The van der Waals surface area contributed by atoms with Crippen LogP contribution >= 0.6 is 11.6 Å². The van der Waals surface area contributed by atoms with Crippen molar-refractivity contribution in [2.24, 2.45) is 0 Å². The summed E-state index contributed by atoms with van der Waals surface area (Å²) in [5.41, 5.74) is 0.900. The number of benzene rings is 1. The summed E-state index contributed by atoms with van der Waals surface area (Å²) in [7, 11) is 0. The second-order valence-corrected chi connectivity index (χ2v) is 2.34. The van der Waals surface area contributed by atoms with Gasteiger partial charge in [-0.1, -0.05) is 11.6 Å². The molecule has 0 heterocycles.